The Hall–Kier alpha value is 0.407. The SMILES string of the molecule is CO[Si](CCCSCCCN)(OC)OC. The van der Waals surface area contributed by atoms with Crippen molar-refractivity contribution in [1.29, 1.82) is 0 Å². The van der Waals surface area contributed by atoms with Crippen molar-refractivity contribution in [2.24, 2.45) is 5.73 Å². The van der Waals surface area contributed by atoms with Crippen molar-refractivity contribution in [3.63, 3.8) is 0 Å². The summed E-state index contributed by atoms with van der Waals surface area (Å²) in [5, 5.41) is 0. The highest BCUT2D eigenvalue weighted by atomic mass is 32.2. The first-order valence-electron chi connectivity index (χ1n) is 5.18. The van der Waals surface area contributed by atoms with Crippen LogP contribution >= 0.6 is 11.8 Å². The minimum Gasteiger partial charge on any atom is -0.377 e. The molecule has 6 heteroatoms. The van der Waals surface area contributed by atoms with Crippen molar-refractivity contribution in [2.45, 2.75) is 18.9 Å². The van der Waals surface area contributed by atoms with Gasteiger partial charge in [-0.2, -0.15) is 11.8 Å². The highest BCUT2D eigenvalue weighted by Crippen LogP contribution is 2.17. The first kappa shape index (κ1) is 15.4. The van der Waals surface area contributed by atoms with E-state index < -0.39 is 8.80 Å². The zero-order valence-electron chi connectivity index (χ0n) is 9.95. The van der Waals surface area contributed by atoms with Crippen molar-refractivity contribution in [3.05, 3.63) is 0 Å². The van der Waals surface area contributed by atoms with Gasteiger partial charge in [-0.3, -0.25) is 0 Å². The van der Waals surface area contributed by atoms with Gasteiger partial charge >= 0.3 is 8.80 Å². The van der Waals surface area contributed by atoms with Gasteiger partial charge in [-0.1, -0.05) is 0 Å². The smallest absolute Gasteiger partial charge is 0.377 e. The van der Waals surface area contributed by atoms with Crippen LogP contribution < -0.4 is 5.73 Å². The van der Waals surface area contributed by atoms with Crippen LogP contribution in [0.4, 0.5) is 0 Å². The van der Waals surface area contributed by atoms with Crippen LogP contribution in [-0.4, -0.2) is 48.2 Å². The summed E-state index contributed by atoms with van der Waals surface area (Å²) in [6, 6.07) is 0.881. The van der Waals surface area contributed by atoms with Gasteiger partial charge in [0.2, 0.25) is 0 Å². The number of rotatable bonds is 10. The summed E-state index contributed by atoms with van der Waals surface area (Å²) in [6.45, 7) is 0.778. The van der Waals surface area contributed by atoms with Gasteiger partial charge < -0.3 is 19.0 Å². The standard InChI is InChI=1S/C9H23NO3SSi/c1-11-15(12-2,13-3)9-5-8-14-7-4-6-10/h4-10H2,1-3H3. The van der Waals surface area contributed by atoms with E-state index in [1.807, 2.05) is 11.8 Å². The van der Waals surface area contributed by atoms with Gasteiger partial charge in [-0.15, -0.1) is 0 Å². The summed E-state index contributed by atoms with van der Waals surface area (Å²) < 4.78 is 16.0. The normalized spacial score (nSPS) is 12.0. The Morgan fingerprint density at radius 2 is 1.53 bits per heavy atom. The van der Waals surface area contributed by atoms with Crippen LogP contribution in [0, 0.1) is 0 Å². The summed E-state index contributed by atoms with van der Waals surface area (Å²) >= 11 is 1.93. The molecular formula is C9H23NO3SSi. The monoisotopic (exact) mass is 253 g/mol. The summed E-state index contributed by atoms with van der Waals surface area (Å²) in [7, 11) is 2.64. The molecule has 0 unspecified atom stereocenters. The Labute approximate surface area is 98.2 Å². The quantitative estimate of drug-likeness (QED) is 0.470. The third kappa shape index (κ3) is 6.55. The second kappa shape index (κ2) is 9.62. The van der Waals surface area contributed by atoms with Crippen molar-refractivity contribution in [2.75, 3.05) is 39.4 Å². The number of nitrogens with two attached hydrogens (primary N) is 1. The van der Waals surface area contributed by atoms with Gasteiger partial charge in [-0.05, 0) is 30.9 Å². The van der Waals surface area contributed by atoms with Crippen LogP contribution in [0.2, 0.25) is 6.04 Å². The first-order valence-corrected chi connectivity index (χ1v) is 8.26. The Kier molecular flexibility index (Phi) is 9.88. The van der Waals surface area contributed by atoms with E-state index in [0.29, 0.717) is 0 Å². The molecule has 0 aromatic rings. The summed E-state index contributed by atoms with van der Waals surface area (Å²) in [4.78, 5) is 0. The minimum atomic E-state index is -2.32. The molecule has 92 valence electrons. The maximum Gasteiger partial charge on any atom is 0.500 e. The van der Waals surface area contributed by atoms with E-state index in [2.05, 4.69) is 0 Å². The Bertz CT molecular complexity index is 139. The van der Waals surface area contributed by atoms with Gasteiger partial charge in [-0.25, -0.2) is 0 Å². The van der Waals surface area contributed by atoms with Gasteiger partial charge in [0.25, 0.3) is 0 Å². The lowest BCUT2D eigenvalue weighted by atomic mass is 10.5. The van der Waals surface area contributed by atoms with E-state index in [1.54, 1.807) is 21.3 Å². The van der Waals surface area contributed by atoms with E-state index >= 15 is 0 Å². The van der Waals surface area contributed by atoms with Gasteiger partial charge in [0.15, 0.2) is 0 Å². The predicted molar refractivity (Wildman–Crippen MR) is 67.2 cm³/mol. The molecule has 0 aliphatic carbocycles. The van der Waals surface area contributed by atoms with Crippen LogP contribution in [0.3, 0.4) is 0 Å². The van der Waals surface area contributed by atoms with E-state index in [1.165, 1.54) is 0 Å². The van der Waals surface area contributed by atoms with Crippen molar-refractivity contribution in [1.82, 2.24) is 0 Å². The molecule has 0 radical (unpaired) electrons. The van der Waals surface area contributed by atoms with E-state index in [-0.39, 0.29) is 0 Å². The molecule has 0 rings (SSSR count). The van der Waals surface area contributed by atoms with E-state index in [4.69, 9.17) is 19.0 Å². The second-order valence-corrected chi connectivity index (χ2v) is 7.47. The molecule has 0 atom stereocenters. The van der Waals surface area contributed by atoms with Crippen LogP contribution in [-0.2, 0) is 13.3 Å². The third-order valence-corrected chi connectivity index (χ3v) is 6.18. The molecule has 0 amide bonds. The number of hydrogen-bond acceptors (Lipinski definition) is 5. The molecule has 0 aromatic heterocycles. The molecule has 0 bridgehead atoms. The lowest BCUT2D eigenvalue weighted by Crippen LogP contribution is -2.42. The molecule has 0 aromatic carbocycles. The predicted octanol–water partition coefficient (Wildman–Crippen LogP) is 1.34. The van der Waals surface area contributed by atoms with Crippen molar-refractivity contribution in [3.8, 4) is 0 Å². The topological polar surface area (TPSA) is 53.7 Å². The average molecular weight is 253 g/mol. The summed E-state index contributed by atoms with van der Waals surface area (Å²) in [5.74, 6) is 2.25. The highest BCUT2D eigenvalue weighted by Gasteiger charge is 2.36. The molecule has 0 saturated heterocycles. The van der Waals surface area contributed by atoms with Crippen LogP contribution in [0.5, 0.6) is 0 Å². The molecule has 0 spiro atoms. The molecule has 0 fully saturated rings. The molecule has 0 saturated carbocycles. The van der Waals surface area contributed by atoms with Crippen LogP contribution in [0.1, 0.15) is 12.8 Å². The fourth-order valence-corrected chi connectivity index (χ4v) is 4.14. The fourth-order valence-electron chi connectivity index (χ4n) is 1.23. The number of thioether (sulfide) groups is 1. The molecule has 15 heavy (non-hydrogen) atoms. The highest BCUT2D eigenvalue weighted by molar-refractivity contribution is 7.99. The largest absolute Gasteiger partial charge is 0.500 e. The molecular weight excluding hydrogens is 230 g/mol. The zero-order valence-corrected chi connectivity index (χ0v) is 11.8. The van der Waals surface area contributed by atoms with Gasteiger partial charge in [0.1, 0.15) is 0 Å². The molecule has 2 N–H and O–H groups in total. The average Bonchev–Trinajstić information content (AvgIpc) is 2.29. The minimum absolute atomic E-state index is 0.778. The lowest BCUT2D eigenvalue weighted by molar-refractivity contribution is 0.123. The Morgan fingerprint density at radius 3 is 2.00 bits per heavy atom. The maximum atomic E-state index is 5.41. The molecule has 4 nitrogen and oxygen atoms in total. The van der Waals surface area contributed by atoms with Gasteiger partial charge in [0.05, 0.1) is 0 Å². The second-order valence-electron chi connectivity index (χ2n) is 3.15. The van der Waals surface area contributed by atoms with Gasteiger partial charge in [0, 0.05) is 27.4 Å². The van der Waals surface area contributed by atoms with Crippen molar-refractivity contribution < 1.29 is 13.3 Å². The summed E-state index contributed by atoms with van der Waals surface area (Å²) in [5.41, 5.74) is 5.41. The third-order valence-electron chi connectivity index (χ3n) is 2.20. The van der Waals surface area contributed by atoms with Crippen molar-refractivity contribution >= 4 is 20.6 Å². The van der Waals surface area contributed by atoms with Crippen LogP contribution in [0.25, 0.3) is 0 Å². The van der Waals surface area contributed by atoms with Crippen LogP contribution in [0.15, 0.2) is 0 Å². The Balaban J connectivity index is 3.54. The molecule has 0 aliphatic heterocycles. The lowest BCUT2D eigenvalue weighted by Gasteiger charge is -2.24. The zero-order chi connectivity index (χ0) is 11.6. The first-order chi connectivity index (χ1) is 7.24. The van der Waals surface area contributed by atoms with E-state index in [9.17, 15) is 0 Å². The fraction of sp³-hybridized carbons (Fsp3) is 1.00. The number of hydrogen-bond donors (Lipinski definition) is 1. The molecule has 0 heterocycles. The Morgan fingerprint density at radius 1 is 1.00 bits per heavy atom. The summed E-state index contributed by atoms with van der Waals surface area (Å²) in [6.07, 6.45) is 2.16. The molecule has 0 aliphatic rings. The maximum absolute atomic E-state index is 5.41. The van der Waals surface area contributed by atoms with E-state index in [0.717, 1.165) is 36.9 Å².